The monoisotopic (exact) mass is 360 g/mol. The average molecular weight is 360 g/mol. The Balaban J connectivity index is 1.80. The van der Waals surface area contributed by atoms with Crippen molar-refractivity contribution in [2.75, 3.05) is 44.2 Å². The Hall–Kier alpha value is -2.64. The van der Waals surface area contributed by atoms with Gasteiger partial charge in [0.15, 0.2) is 0 Å². The van der Waals surface area contributed by atoms with Gasteiger partial charge < -0.3 is 14.7 Å². The summed E-state index contributed by atoms with van der Waals surface area (Å²) in [5, 5.41) is 11.5. The summed E-state index contributed by atoms with van der Waals surface area (Å²) in [5.74, 6) is -0.212. The lowest BCUT2D eigenvalue weighted by molar-refractivity contribution is -0.384. The number of nitrogens with zero attached hydrogens (tertiary/aromatic N) is 4. The molecule has 0 saturated carbocycles. The Kier molecular flexibility index (Phi) is 5.39. The molecule has 0 aromatic heterocycles. The summed E-state index contributed by atoms with van der Waals surface area (Å²) in [5.41, 5.74) is 0.900. The molecule has 2 saturated heterocycles. The largest absolute Gasteiger partial charge is 0.366 e. The van der Waals surface area contributed by atoms with Crippen molar-refractivity contribution in [3.8, 4) is 0 Å². The summed E-state index contributed by atoms with van der Waals surface area (Å²) in [6.45, 7) is 5.26. The molecule has 1 aromatic carbocycles. The van der Waals surface area contributed by atoms with E-state index in [1.165, 1.54) is 13.0 Å². The number of nitro groups is 1. The molecule has 2 fully saturated rings. The van der Waals surface area contributed by atoms with Gasteiger partial charge in [-0.05, 0) is 31.4 Å². The maximum atomic E-state index is 12.8. The van der Waals surface area contributed by atoms with Crippen molar-refractivity contribution < 1.29 is 14.5 Å². The van der Waals surface area contributed by atoms with Crippen LogP contribution in [0.5, 0.6) is 0 Å². The van der Waals surface area contributed by atoms with Crippen molar-refractivity contribution in [2.45, 2.75) is 26.2 Å². The van der Waals surface area contributed by atoms with Crippen LogP contribution in [0.4, 0.5) is 11.4 Å². The minimum Gasteiger partial charge on any atom is -0.366 e. The SMILES string of the molecule is CC(=O)N1CCCN(C(=O)c2ccc(N3CCCC3)c([N+](=O)[O-])c2)CC1. The Labute approximate surface area is 152 Å². The molecule has 2 amide bonds. The van der Waals surface area contributed by atoms with E-state index in [-0.39, 0.29) is 17.5 Å². The molecule has 0 atom stereocenters. The molecule has 26 heavy (non-hydrogen) atoms. The number of hydrogen-bond donors (Lipinski definition) is 0. The summed E-state index contributed by atoms with van der Waals surface area (Å²) in [7, 11) is 0. The zero-order chi connectivity index (χ0) is 18.7. The van der Waals surface area contributed by atoms with Gasteiger partial charge in [-0.15, -0.1) is 0 Å². The molecule has 0 bridgehead atoms. The van der Waals surface area contributed by atoms with Gasteiger partial charge in [-0.3, -0.25) is 19.7 Å². The molecule has 0 aliphatic carbocycles. The molecule has 0 radical (unpaired) electrons. The predicted octanol–water partition coefficient (Wildman–Crippen LogP) is 1.89. The van der Waals surface area contributed by atoms with Crippen molar-refractivity contribution in [3.05, 3.63) is 33.9 Å². The van der Waals surface area contributed by atoms with Crippen LogP contribution in [-0.2, 0) is 4.79 Å². The Bertz CT molecular complexity index is 715. The second-order valence-corrected chi connectivity index (χ2v) is 6.81. The smallest absolute Gasteiger partial charge is 0.293 e. The van der Waals surface area contributed by atoms with E-state index in [0.717, 1.165) is 25.9 Å². The first-order valence-electron chi connectivity index (χ1n) is 9.05. The zero-order valence-corrected chi connectivity index (χ0v) is 15.0. The number of carbonyl (C=O) groups excluding carboxylic acids is 2. The van der Waals surface area contributed by atoms with Crippen LogP contribution >= 0.6 is 0 Å². The molecular weight excluding hydrogens is 336 g/mol. The molecule has 0 N–H and O–H groups in total. The molecule has 140 valence electrons. The van der Waals surface area contributed by atoms with Crippen molar-refractivity contribution in [1.29, 1.82) is 0 Å². The average Bonchev–Trinajstić information content (AvgIpc) is 3.04. The zero-order valence-electron chi connectivity index (χ0n) is 15.0. The van der Waals surface area contributed by atoms with E-state index in [2.05, 4.69) is 0 Å². The van der Waals surface area contributed by atoms with Gasteiger partial charge in [-0.25, -0.2) is 0 Å². The van der Waals surface area contributed by atoms with Crippen molar-refractivity contribution in [3.63, 3.8) is 0 Å². The van der Waals surface area contributed by atoms with Gasteiger partial charge in [0.25, 0.3) is 11.6 Å². The van der Waals surface area contributed by atoms with Crippen LogP contribution < -0.4 is 4.90 Å². The molecule has 3 rings (SSSR count). The Morgan fingerprint density at radius 2 is 1.62 bits per heavy atom. The summed E-state index contributed by atoms with van der Waals surface area (Å²) < 4.78 is 0. The Morgan fingerprint density at radius 3 is 2.27 bits per heavy atom. The highest BCUT2D eigenvalue weighted by Crippen LogP contribution is 2.32. The fourth-order valence-corrected chi connectivity index (χ4v) is 3.65. The van der Waals surface area contributed by atoms with Crippen LogP contribution in [0.1, 0.15) is 36.5 Å². The molecule has 8 heteroatoms. The van der Waals surface area contributed by atoms with Crippen LogP contribution in [0.25, 0.3) is 0 Å². The number of carbonyl (C=O) groups is 2. The van der Waals surface area contributed by atoms with Crippen LogP contribution in [0, 0.1) is 10.1 Å². The van der Waals surface area contributed by atoms with E-state index in [1.54, 1.807) is 21.9 Å². The van der Waals surface area contributed by atoms with E-state index < -0.39 is 4.92 Å². The van der Waals surface area contributed by atoms with Crippen molar-refractivity contribution in [2.24, 2.45) is 0 Å². The third-order valence-corrected chi connectivity index (χ3v) is 5.09. The first-order chi connectivity index (χ1) is 12.5. The minimum atomic E-state index is -0.412. The van der Waals surface area contributed by atoms with Gasteiger partial charge in [-0.2, -0.15) is 0 Å². The van der Waals surface area contributed by atoms with Gasteiger partial charge in [0, 0.05) is 57.8 Å². The standard InChI is InChI=1S/C18H24N4O4/c1-14(23)19-9-4-10-21(12-11-19)18(24)15-5-6-16(17(13-15)22(25)26)20-7-2-3-8-20/h5-6,13H,2-4,7-12H2,1H3. The van der Waals surface area contributed by atoms with E-state index in [0.29, 0.717) is 43.9 Å². The summed E-state index contributed by atoms with van der Waals surface area (Å²) in [4.78, 5) is 40.9. The summed E-state index contributed by atoms with van der Waals surface area (Å²) in [6.07, 6.45) is 2.76. The first kappa shape index (κ1) is 18.2. The van der Waals surface area contributed by atoms with E-state index in [9.17, 15) is 19.7 Å². The molecule has 2 aliphatic heterocycles. The number of amides is 2. The third kappa shape index (κ3) is 3.79. The van der Waals surface area contributed by atoms with Gasteiger partial charge in [0.05, 0.1) is 4.92 Å². The number of benzene rings is 1. The van der Waals surface area contributed by atoms with Gasteiger partial charge in [0.1, 0.15) is 5.69 Å². The normalized spacial score (nSPS) is 18.0. The maximum absolute atomic E-state index is 12.8. The lowest BCUT2D eigenvalue weighted by atomic mass is 10.1. The molecule has 0 unspecified atom stereocenters. The second-order valence-electron chi connectivity index (χ2n) is 6.81. The molecule has 0 spiro atoms. The van der Waals surface area contributed by atoms with Gasteiger partial charge >= 0.3 is 0 Å². The van der Waals surface area contributed by atoms with Crippen LogP contribution in [0.2, 0.25) is 0 Å². The van der Waals surface area contributed by atoms with E-state index in [4.69, 9.17) is 0 Å². The second kappa shape index (κ2) is 7.72. The number of hydrogen-bond acceptors (Lipinski definition) is 5. The minimum absolute atomic E-state index is 0.00454. The van der Waals surface area contributed by atoms with Crippen molar-refractivity contribution >= 4 is 23.2 Å². The van der Waals surface area contributed by atoms with E-state index >= 15 is 0 Å². The maximum Gasteiger partial charge on any atom is 0.293 e. The highest BCUT2D eigenvalue weighted by atomic mass is 16.6. The lowest BCUT2D eigenvalue weighted by Gasteiger charge is -2.22. The molecule has 2 heterocycles. The summed E-state index contributed by atoms with van der Waals surface area (Å²) >= 11 is 0. The lowest BCUT2D eigenvalue weighted by Crippen LogP contribution is -2.36. The fraction of sp³-hybridized carbons (Fsp3) is 0.556. The topological polar surface area (TPSA) is 87.0 Å². The number of rotatable bonds is 3. The quantitative estimate of drug-likeness (QED) is 0.607. The van der Waals surface area contributed by atoms with Gasteiger partial charge in [0.2, 0.25) is 5.91 Å². The molecule has 8 nitrogen and oxygen atoms in total. The highest BCUT2D eigenvalue weighted by Gasteiger charge is 2.26. The summed E-state index contributed by atoms with van der Waals surface area (Å²) in [6, 6.07) is 4.76. The van der Waals surface area contributed by atoms with Crippen molar-refractivity contribution in [1.82, 2.24) is 9.80 Å². The first-order valence-corrected chi connectivity index (χ1v) is 9.05. The van der Waals surface area contributed by atoms with Gasteiger partial charge in [-0.1, -0.05) is 0 Å². The molecule has 1 aromatic rings. The molecule has 2 aliphatic rings. The number of anilines is 1. The predicted molar refractivity (Wildman–Crippen MR) is 97.3 cm³/mol. The third-order valence-electron chi connectivity index (χ3n) is 5.09. The Morgan fingerprint density at radius 1 is 0.962 bits per heavy atom. The van der Waals surface area contributed by atoms with Crippen LogP contribution in [-0.4, -0.2) is 65.8 Å². The van der Waals surface area contributed by atoms with E-state index in [1.807, 2.05) is 4.90 Å². The molecular formula is C18H24N4O4. The highest BCUT2D eigenvalue weighted by molar-refractivity contribution is 5.96. The van der Waals surface area contributed by atoms with Crippen LogP contribution in [0.15, 0.2) is 18.2 Å². The van der Waals surface area contributed by atoms with Crippen LogP contribution in [0.3, 0.4) is 0 Å². The number of nitro benzene ring substituents is 1. The fourth-order valence-electron chi connectivity index (χ4n) is 3.65.